The molecule has 0 bridgehead atoms. The Morgan fingerprint density at radius 3 is 2.67 bits per heavy atom. The number of hydrogen-bond acceptors (Lipinski definition) is 3. The first kappa shape index (κ1) is 13.2. The van der Waals surface area contributed by atoms with Gasteiger partial charge in [0.05, 0.1) is 7.11 Å². The Hall–Kier alpha value is -1.19. The summed E-state index contributed by atoms with van der Waals surface area (Å²) in [6.45, 7) is 1.99. The molecule has 2 nitrogen and oxygen atoms in total. The van der Waals surface area contributed by atoms with E-state index in [9.17, 15) is 0 Å². The van der Waals surface area contributed by atoms with Crippen LogP contribution in [0.5, 0.6) is 5.75 Å². The molecule has 0 aliphatic carbocycles. The Labute approximate surface area is 113 Å². The van der Waals surface area contributed by atoms with E-state index in [4.69, 9.17) is 4.74 Å². The molecular formula is C15H19NOS. The van der Waals surface area contributed by atoms with Gasteiger partial charge in [0.25, 0.3) is 0 Å². The van der Waals surface area contributed by atoms with Crippen LogP contribution in [0.15, 0.2) is 36.4 Å². The number of methoxy groups -OCH3 is 1. The molecule has 0 spiro atoms. The lowest BCUT2D eigenvalue weighted by Crippen LogP contribution is -2.16. The lowest BCUT2D eigenvalue weighted by atomic mass is 10.1. The minimum Gasteiger partial charge on any atom is -0.497 e. The van der Waals surface area contributed by atoms with Gasteiger partial charge in [-0.3, -0.25) is 0 Å². The molecule has 0 heterocycles. The summed E-state index contributed by atoms with van der Waals surface area (Å²) >= 11 is 1.87. The van der Waals surface area contributed by atoms with Crippen molar-refractivity contribution in [2.45, 2.75) is 6.54 Å². The molecule has 2 aromatic rings. The third kappa shape index (κ3) is 3.40. The second kappa shape index (κ2) is 6.66. The van der Waals surface area contributed by atoms with Crippen molar-refractivity contribution >= 4 is 22.5 Å². The molecule has 0 aliphatic heterocycles. The number of hydrogen-bond donors (Lipinski definition) is 1. The summed E-state index contributed by atoms with van der Waals surface area (Å²) in [4.78, 5) is 0. The van der Waals surface area contributed by atoms with Gasteiger partial charge < -0.3 is 10.1 Å². The van der Waals surface area contributed by atoms with Gasteiger partial charge >= 0.3 is 0 Å². The summed E-state index contributed by atoms with van der Waals surface area (Å²) in [5.41, 5.74) is 1.33. The quantitative estimate of drug-likeness (QED) is 0.806. The number of fused-ring (bicyclic) bond motifs is 1. The fraction of sp³-hybridized carbons (Fsp3) is 0.333. The van der Waals surface area contributed by atoms with Crippen molar-refractivity contribution in [2.75, 3.05) is 25.7 Å². The number of benzene rings is 2. The van der Waals surface area contributed by atoms with Gasteiger partial charge in [-0.1, -0.05) is 18.2 Å². The number of nitrogens with one attached hydrogen (secondary N) is 1. The van der Waals surface area contributed by atoms with Crippen LogP contribution < -0.4 is 10.1 Å². The van der Waals surface area contributed by atoms with Crippen molar-refractivity contribution in [3.63, 3.8) is 0 Å². The summed E-state index contributed by atoms with van der Waals surface area (Å²) in [6.07, 6.45) is 2.13. The van der Waals surface area contributed by atoms with E-state index < -0.39 is 0 Å². The highest BCUT2D eigenvalue weighted by molar-refractivity contribution is 7.98. The van der Waals surface area contributed by atoms with Crippen LogP contribution in [0, 0.1) is 0 Å². The number of thioether (sulfide) groups is 1. The van der Waals surface area contributed by atoms with E-state index in [0.717, 1.165) is 24.6 Å². The van der Waals surface area contributed by atoms with E-state index in [2.05, 4.69) is 41.9 Å². The maximum Gasteiger partial charge on any atom is 0.119 e. The van der Waals surface area contributed by atoms with Crippen LogP contribution in [0.4, 0.5) is 0 Å². The number of rotatable bonds is 6. The predicted octanol–water partition coefficient (Wildman–Crippen LogP) is 3.30. The van der Waals surface area contributed by atoms with Gasteiger partial charge in [-0.2, -0.15) is 11.8 Å². The van der Waals surface area contributed by atoms with Gasteiger partial charge in [0, 0.05) is 18.8 Å². The van der Waals surface area contributed by atoms with E-state index in [0.29, 0.717) is 0 Å². The predicted molar refractivity (Wildman–Crippen MR) is 80.6 cm³/mol. The van der Waals surface area contributed by atoms with Crippen molar-refractivity contribution in [3.05, 3.63) is 42.0 Å². The van der Waals surface area contributed by atoms with Crippen LogP contribution >= 0.6 is 11.8 Å². The highest BCUT2D eigenvalue weighted by atomic mass is 32.2. The molecule has 0 amide bonds. The van der Waals surface area contributed by atoms with E-state index in [1.807, 2.05) is 17.8 Å². The zero-order valence-corrected chi connectivity index (χ0v) is 11.7. The summed E-state index contributed by atoms with van der Waals surface area (Å²) in [7, 11) is 1.70. The standard InChI is InChI=1S/C15H19NOS/c1-17-15-6-5-13-9-12(3-4-14(13)10-15)11-16-7-8-18-2/h3-6,9-10,16H,7-8,11H2,1-2H3. The molecule has 0 saturated heterocycles. The first-order valence-electron chi connectivity index (χ1n) is 6.10. The lowest BCUT2D eigenvalue weighted by Gasteiger charge is -2.07. The number of ether oxygens (including phenoxy) is 1. The fourth-order valence-electron chi connectivity index (χ4n) is 1.92. The van der Waals surface area contributed by atoms with Gasteiger partial charge in [0.1, 0.15) is 5.75 Å². The summed E-state index contributed by atoms with van der Waals surface area (Å²) in [5.74, 6) is 2.07. The van der Waals surface area contributed by atoms with Crippen LogP contribution in [0.2, 0.25) is 0 Å². The molecule has 0 atom stereocenters. The second-order valence-corrected chi connectivity index (χ2v) is 5.20. The molecule has 0 fully saturated rings. The van der Waals surface area contributed by atoms with Crippen molar-refractivity contribution in [3.8, 4) is 5.75 Å². The van der Waals surface area contributed by atoms with E-state index in [-0.39, 0.29) is 0 Å². The van der Waals surface area contributed by atoms with Crippen LogP contribution in [-0.2, 0) is 6.54 Å². The zero-order valence-electron chi connectivity index (χ0n) is 10.9. The first-order chi connectivity index (χ1) is 8.83. The second-order valence-electron chi connectivity index (χ2n) is 4.22. The molecular weight excluding hydrogens is 242 g/mol. The van der Waals surface area contributed by atoms with Crippen LogP contribution in [0.3, 0.4) is 0 Å². The molecule has 0 aromatic heterocycles. The lowest BCUT2D eigenvalue weighted by molar-refractivity contribution is 0.415. The van der Waals surface area contributed by atoms with Crippen molar-refractivity contribution in [1.29, 1.82) is 0 Å². The van der Waals surface area contributed by atoms with Gasteiger partial charge in [-0.15, -0.1) is 0 Å². The maximum absolute atomic E-state index is 5.23. The van der Waals surface area contributed by atoms with E-state index >= 15 is 0 Å². The van der Waals surface area contributed by atoms with Crippen molar-refractivity contribution in [1.82, 2.24) is 5.32 Å². The van der Waals surface area contributed by atoms with Gasteiger partial charge in [0.15, 0.2) is 0 Å². The molecule has 3 heteroatoms. The Morgan fingerprint density at radius 2 is 1.89 bits per heavy atom. The molecule has 96 valence electrons. The minimum absolute atomic E-state index is 0.911. The molecule has 18 heavy (non-hydrogen) atoms. The van der Waals surface area contributed by atoms with Gasteiger partial charge in [-0.05, 0) is 40.8 Å². The van der Waals surface area contributed by atoms with Crippen LogP contribution in [0.25, 0.3) is 10.8 Å². The summed E-state index contributed by atoms with van der Waals surface area (Å²) in [6, 6.07) is 12.8. The maximum atomic E-state index is 5.23. The SMILES string of the molecule is COc1ccc2cc(CNCCSC)ccc2c1. The Kier molecular flexibility index (Phi) is 4.90. The Morgan fingerprint density at radius 1 is 1.11 bits per heavy atom. The highest BCUT2D eigenvalue weighted by Gasteiger charge is 1.98. The van der Waals surface area contributed by atoms with Crippen molar-refractivity contribution < 1.29 is 4.74 Å². The van der Waals surface area contributed by atoms with E-state index in [1.54, 1.807) is 7.11 Å². The smallest absolute Gasteiger partial charge is 0.119 e. The fourth-order valence-corrected chi connectivity index (χ4v) is 2.27. The third-order valence-electron chi connectivity index (χ3n) is 2.92. The van der Waals surface area contributed by atoms with E-state index in [1.165, 1.54) is 16.3 Å². The normalized spacial score (nSPS) is 10.8. The summed E-state index contributed by atoms with van der Waals surface area (Å²) < 4.78 is 5.23. The molecule has 2 rings (SSSR count). The Balaban J connectivity index is 2.08. The minimum atomic E-state index is 0.911. The summed E-state index contributed by atoms with van der Waals surface area (Å²) in [5, 5.41) is 5.93. The zero-order chi connectivity index (χ0) is 12.8. The highest BCUT2D eigenvalue weighted by Crippen LogP contribution is 2.21. The molecule has 0 aliphatic rings. The largest absolute Gasteiger partial charge is 0.497 e. The Bertz CT molecular complexity index is 513. The van der Waals surface area contributed by atoms with Gasteiger partial charge in [0.2, 0.25) is 0 Å². The van der Waals surface area contributed by atoms with Crippen LogP contribution in [-0.4, -0.2) is 25.7 Å². The van der Waals surface area contributed by atoms with Crippen LogP contribution in [0.1, 0.15) is 5.56 Å². The molecule has 0 unspecified atom stereocenters. The molecule has 1 N–H and O–H groups in total. The topological polar surface area (TPSA) is 21.3 Å². The van der Waals surface area contributed by atoms with Crippen molar-refractivity contribution in [2.24, 2.45) is 0 Å². The molecule has 0 radical (unpaired) electrons. The molecule has 0 saturated carbocycles. The first-order valence-corrected chi connectivity index (χ1v) is 7.49. The monoisotopic (exact) mass is 261 g/mol. The average molecular weight is 261 g/mol. The third-order valence-corrected chi connectivity index (χ3v) is 3.54. The average Bonchev–Trinajstić information content (AvgIpc) is 2.43. The molecule has 2 aromatic carbocycles. The van der Waals surface area contributed by atoms with Gasteiger partial charge in [-0.25, -0.2) is 0 Å².